The molecule has 11 heavy (non-hydrogen) atoms. The molecule has 0 amide bonds. The van der Waals surface area contributed by atoms with Gasteiger partial charge in [-0.05, 0) is 6.42 Å². The zero-order chi connectivity index (χ0) is 8.69. The number of esters is 1. The van der Waals surface area contributed by atoms with E-state index in [2.05, 4.69) is 20.7 Å². The fourth-order valence-corrected chi connectivity index (χ4v) is 0.673. The van der Waals surface area contributed by atoms with Crippen molar-refractivity contribution in [3.63, 3.8) is 0 Å². The topological polar surface area (TPSA) is 43.4 Å². The Hall–Kier alpha value is -0.380. The molecule has 0 bridgehead atoms. The molecule has 0 aromatic rings. The number of carbonyl (C=O) groups is 2. The van der Waals surface area contributed by atoms with E-state index in [4.69, 9.17) is 0 Å². The minimum Gasteiger partial charge on any atom is -0.465 e. The third-order valence-electron chi connectivity index (χ3n) is 0.958. The molecule has 0 spiro atoms. The average Bonchev–Trinajstić information content (AvgIpc) is 2.00. The highest BCUT2D eigenvalue weighted by Gasteiger charge is 2.07. The molecule has 0 atom stereocenters. The maximum atomic E-state index is 10.7. The Bertz CT molecular complexity index is 145. The van der Waals surface area contributed by atoms with Crippen molar-refractivity contribution in [1.82, 2.24) is 0 Å². The Balaban J connectivity index is 3.44. The molecule has 3 nitrogen and oxygen atoms in total. The van der Waals surface area contributed by atoms with Gasteiger partial charge in [-0.15, -0.1) is 0 Å². The zero-order valence-electron chi connectivity index (χ0n) is 6.43. The minimum absolute atomic E-state index is 0.120. The summed E-state index contributed by atoms with van der Waals surface area (Å²) in [6, 6.07) is 0. The third kappa shape index (κ3) is 6.04. The van der Waals surface area contributed by atoms with E-state index in [0.717, 1.165) is 6.42 Å². The van der Waals surface area contributed by atoms with Crippen LogP contribution in [0.2, 0.25) is 0 Å². The lowest BCUT2D eigenvalue weighted by molar-refractivity contribution is -0.145. The molecule has 0 aliphatic carbocycles. The first-order valence-corrected chi connectivity index (χ1v) is 4.56. The largest absolute Gasteiger partial charge is 0.465 e. The van der Waals surface area contributed by atoms with Crippen molar-refractivity contribution in [3.05, 3.63) is 0 Å². The standard InChI is InChI=1S/C7H11BrO3/c1-2-3-11-7(10)4-6(9)5-8/h2-5H2,1H3. The fraction of sp³-hybridized carbons (Fsp3) is 0.714. The first-order chi connectivity index (χ1) is 5.20. The van der Waals surface area contributed by atoms with Crippen molar-refractivity contribution in [2.45, 2.75) is 19.8 Å². The lowest BCUT2D eigenvalue weighted by atomic mass is 10.3. The van der Waals surface area contributed by atoms with Crippen LogP contribution in [-0.2, 0) is 14.3 Å². The number of carbonyl (C=O) groups excluding carboxylic acids is 2. The summed E-state index contributed by atoms with van der Waals surface area (Å²) in [6.07, 6.45) is 0.666. The molecule has 0 aromatic heterocycles. The van der Waals surface area contributed by atoms with Crippen LogP contribution in [0.25, 0.3) is 0 Å². The fourth-order valence-electron chi connectivity index (χ4n) is 0.475. The second-order valence-corrected chi connectivity index (χ2v) is 2.63. The molecule has 0 heterocycles. The van der Waals surface area contributed by atoms with Gasteiger partial charge in [-0.2, -0.15) is 0 Å². The Morgan fingerprint density at radius 2 is 2.09 bits per heavy atom. The molecule has 0 aliphatic rings. The molecule has 0 fully saturated rings. The predicted octanol–water partition coefficient (Wildman–Crippen LogP) is 1.29. The molecule has 0 saturated carbocycles. The summed E-state index contributed by atoms with van der Waals surface area (Å²) in [5, 5.41) is 0.216. The van der Waals surface area contributed by atoms with Crippen LogP contribution in [0.3, 0.4) is 0 Å². The Labute approximate surface area is 74.2 Å². The van der Waals surface area contributed by atoms with Gasteiger partial charge in [0.1, 0.15) is 6.42 Å². The lowest BCUT2D eigenvalue weighted by Crippen LogP contribution is -2.12. The van der Waals surface area contributed by atoms with E-state index in [1.165, 1.54) is 0 Å². The van der Waals surface area contributed by atoms with Crippen molar-refractivity contribution in [3.8, 4) is 0 Å². The molecule has 0 aromatic carbocycles. The molecular weight excluding hydrogens is 212 g/mol. The van der Waals surface area contributed by atoms with Gasteiger partial charge in [0.2, 0.25) is 0 Å². The second kappa shape index (κ2) is 6.34. The Morgan fingerprint density at radius 3 is 2.55 bits per heavy atom. The van der Waals surface area contributed by atoms with Crippen molar-refractivity contribution in [2.24, 2.45) is 0 Å². The van der Waals surface area contributed by atoms with Crippen LogP contribution in [0.4, 0.5) is 0 Å². The summed E-state index contributed by atoms with van der Waals surface area (Å²) >= 11 is 2.95. The molecule has 0 aliphatic heterocycles. The van der Waals surface area contributed by atoms with Crippen molar-refractivity contribution < 1.29 is 14.3 Å². The number of ether oxygens (including phenoxy) is 1. The number of ketones is 1. The van der Waals surface area contributed by atoms with E-state index in [9.17, 15) is 9.59 Å². The molecule has 0 rings (SSSR count). The van der Waals surface area contributed by atoms with Crippen LogP contribution < -0.4 is 0 Å². The molecule has 0 unspecified atom stereocenters. The Morgan fingerprint density at radius 1 is 1.45 bits per heavy atom. The highest BCUT2D eigenvalue weighted by atomic mass is 79.9. The predicted molar refractivity (Wildman–Crippen MR) is 44.7 cm³/mol. The Kier molecular flexibility index (Phi) is 6.12. The smallest absolute Gasteiger partial charge is 0.313 e. The highest BCUT2D eigenvalue weighted by molar-refractivity contribution is 9.09. The van der Waals surface area contributed by atoms with E-state index < -0.39 is 5.97 Å². The molecule has 64 valence electrons. The first kappa shape index (κ1) is 10.6. The molecule has 0 radical (unpaired) electrons. The van der Waals surface area contributed by atoms with Crippen LogP contribution in [0.1, 0.15) is 19.8 Å². The number of rotatable bonds is 5. The third-order valence-corrected chi connectivity index (χ3v) is 1.58. The summed E-state index contributed by atoms with van der Waals surface area (Å²) in [5.41, 5.74) is 0. The normalized spacial score (nSPS) is 9.27. The van der Waals surface area contributed by atoms with Crippen molar-refractivity contribution >= 4 is 27.7 Å². The molecule has 0 saturated heterocycles. The van der Waals surface area contributed by atoms with Gasteiger partial charge in [-0.3, -0.25) is 9.59 Å². The van der Waals surface area contributed by atoms with Gasteiger partial charge < -0.3 is 4.74 Å². The van der Waals surface area contributed by atoms with Crippen molar-refractivity contribution in [1.29, 1.82) is 0 Å². The monoisotopic (exact) mass is 222 g/mol. The van der Waals surface area contributed by atoms with E-state index in [0.29, 0.717) is 6.61 Å². The van der Waals surface area contributed by atoms with Crippen LogP contribution in [0.5, 0.6) is 0 Å². The zero-order valence-corrected chi connectivity index (χ0v) is 8.02. The van der Waals surface area contributed by atoms with Gasteiger partial charge >= 0.3 is 5.97 Å². The van der Waals surface area contributed by atoms with E-state index in [1.807, 2.05) is 6.92 Å². The summed E-state index contributed by atoms with van der Waals surface area (Å²) in [6.45, 7) is 2.30. The van der Waals surface area contributed by atoms with Gasteiger partial charge in [0.15, 0.2) is 5.78 Å². The minimum atomic E-state index is -0.434. The summed E-state index contributed by atoms with van der Waals surface area (Å²) in [4.78, 5) is 21.3. The number of hydrogen-bond acceptors (Lipinski definition) is 3. The number of alkyl halides is 1. The summed E-state index contributed by atoms with van der Waals surface area (Å²) in [5.74, 6) is -0.581. The number of Topliss-reactive ketones (excluding diaryl/α,β-unsaturated/α-hetero) is 1. The summed E-state index contributed by atoms with van der Waals surface area (Å²) < 4.78 is 4.68. The van der Waals surface area contributed by atoms with E-state index in [-0.39, 0.29) is 17.5 Å². The molecular formula is C7H11BrO3. The van der Waals surface area contributed by atoms with Gasteiger partial charge in [0.05, 0.1) is 11.9 Å². The van der Waals surface area contributed by atoms with Crippen LogP contribution in [0, 0.1) is 0 Å². The maximum Gasteiger partial charge on any atom is 0.313 e. The quantitative estimate of drug-likeness (QED) is 0.400. The van der Waals surface area contributed by atoms with Gasteiger partial charge in [0, 0.05) is 0 Å². The van der Waals surface area contributed by atoms with Gasteiger partial charge in [-0.25, -0.2) is 0 Å². The van der Waals surface area contributed by atoms with Gasteiger partial charge in [-0.1, -0.05) is 22.9 Å². The number of halogens is 1. The summed E-state index contributed by atoms with van der Waals surface area (Å²) in [7, 11) is 0. The van der Waals surface area contributed by atoms with Gasteiger partial charge in [0.25, 0.3) is 0 Å². The lowest BCUT2D eigenvalue weighted by Gasteiger charge is -1.99. The SMILES string of the molecule is CCCOC(=O)CC(=O)CBr. The van der Waals surface area contributed by atoms with E-state index in [1.54, 1.807) is 0 Å². The first-order valence-electron chi connectivity index (χ1n) is 3.44. The average molecular weight is 223 g/mol. The second-order valence-electron chi connectivity index (χ2n) is 2.07. The van der Waals surface area contributed by atoms with Crippen LogP contribution >= 0.6 is 15.9 Å². The number of hydrogen-bond donors (Lipinski definition) is 0. The van der Waals surface area contributed by atoms with Crippen molar-refractivity contribution in [2.75, 3.05) is 11.9 Å². The molecule has 0 N–H and O–H groups in total. The highest BCUT2D eigenvalue weighted by Crippen LogP contribution is 1.93. The van der Waals surface area contributed by atoms with E-state index >= 15 is 0 Å². The maximum absolute atomic E-state index is 10.7. The van der Waals surface area contributed by atoms with Crippen LogP contribution in [-0.4, -0.2) is 23.7 Å². The molecule has 4 heteroatoms. The van der Waals surface area contributed by atoms with Crippen LogP contribution in [0.15, 0.2) is 0 Å².